The van der Waals surface area contributed by atoms with E-state index in [0.29, 0.717) is 0 Å². The van der Waals surface area contributed by atoms with Crippen molar-refractivity contribution >= 4 is 5.78 Å². The number of carbonyl (C=O) groups is 1. The highest BCUT2D eigenvalue weighted by atomic mass is 16.1. The van der Waals surface area contributed by atoms with Gasteiger partial charge in [0.25, 0.3) is 0 Å². The number of rotatable bonds is 2. The molecule has 1 heterocycles. The van der Waals surface area contributed by atoms with Crippen molar-refractivity contribution in [2.45, 2.75) is 25.7 Å². The van der Waals surface area contributed by atoms with Crippen molar-refractivity contribution in [1.29, 1.82) is 0 Å². The zero-order chi connectivity index (χ0) is 11.8. The average Bonchev–Trinajstić information content (AvgIpc) is 2.11. The molecule has 2 unspecified atom stereocenters. The molecule has 4 heteroatoms. The van der Waals surface area contributed by atoms with Crippen molar-refractivity contribution < 1.29 is 4.79 Å². The van der Waals surface area contributed by atoms with Crippen LogP contribution in [0.4, 0.5) is 0 Å². The molecule has 0 aromatic carbocycles. The molecule has 15 heavy (non-hydrogen) atoms. The maximum Gasteiger partial charge on any atom is 0.153 e. The second kappa shape index (κ2) is 3.94. The highest BCUT2D eigenvalue weighted by molar-refractivity contribution is 5.88. The monoisotopic (exact) mass is 211 g/mol. The molecule has 0 fully saturated rings. The summed E-state index contributed by atoms with van der Waals surface area (Å²) in [4.78, 5) is 17.9. The second-order valence-corrected chi connectivity index (χ2v) is 4.61. The Hall–Kier alpha value is -0.870. The van der Waals surface area contributed by atoms with Gasteiger partial charge in [0.1, 0.15) is 6.29 Å². The predicted molar refractivity (Wildman–Crippen MR) is 61.2 cm³/mol. The molecule has 0 radical (unpaired) electrons. The number of Topliss-reactive ketones (excluding diaryl/α,β-unsaturated/α-hetero) is 1. The summed E-state index contributed by atoms with van der Waals surface area (Å²) >= 11 is 0. The van der Waals surface area contributed by atoms with Crippen LogP contribution in [0.15, 0.2) is 12.3 Å². The lowest BCUT2D eigenvalue weighted by Gasteiger charge is -2.49. The third-order valence-electron chi connectivity index (χ3n) is 3.25. The number of ketones is 1. The van der Waals surface area contributed by atoms with Gasteiger partial charge < -0.3 is 4.90 Å². The smallest absolute Gasteiger partial charge is 0.153 e. The standard InChI is InChI=1S/C11H21N3O/c1-9(15)11(2)7-8-13(5)10(12(3)4)14(11)6/h7-8,10H,1-6H3. The Morgan fingerprint density at radius 2 is 1.93 bits per heavy atom. The molecule has 0 spiro atoms. The van der Waals surface area contributed by atoms with Crippen LogP contribution in [-0.4, -0.2) is 60.5 Å². The van der Waals surface area contributed by atoms with E-state index in [1.807, 2.05) is 47.4 Å². The van der Waals surface area contributed by atoms with Crippen molar-refractivity contribution in [3.63, 3.8) is 0 Å². The SMILES string of the molecule is CC(=O)C1(C)C=CN(C)C(N(C)C)N1C. The Bertz CT molecular complexity index is 288. The Balaban J connectivity index is 3.08. The fraction of sp³-hybridized carbons (Fsp3) is 0.727. The molecule has 0 aliphatic carbocycles. The first-order chi connectivity index (χ1) is 6.80. The Morgan fingerprint density at radius 3 is 2.33 bits per heavy atom. The van der Waals surface area contributed by atoms with E-state index in [4.69, 9.17) is 0 Å². The third kappa shape index (κ3) is 1.92. The summed E-state index contributed by atoms with van der Waals surface area (Å²) in [6, 6.07) is 0. The summed E-state index contributed by atoms with van der Waals surface area (Å²) in [5.41, 5.74) is -0.499. The van der Waals surface area contributed by atoms with E-state index in [9.17, 15) is 4.79 Å². The van der Waals surface area contributed by atoms with Crippen molar-refractivity contribution in [3.05, 3.63) is 12.3 Å². The van der Waals surface area contributed by atoms with Crippen LogP contribution in [0.2, 0.25) is 0 Å². The van der Waals surface area contributed by atoms with Gasteiger partial charge in [-0.2, -0.15) is 0 Å². The van der Waals surface area contributed by atoms with Gasteiger partial charge in [0.2, 0.25) is 0 Å². The van der Waals surface area contributed by atoms with Gasteiger partial charge >= 0.3 is 0 Å². The largest absolute Gasteiger partial charge is 0.353 e. The van der Waals surface area contributed by atoms with Crippen LogP contribution < -0.4 is 0 Å². The van der Waals surface area contributed by atoms with E-state index in [1.165, 1.54) is 0 Å². The molecule has 1 rings (SSSR count). The van der Waals surface area contributed by atoms with Gasteiger partial charge in [0, 0.05) is 7.05 Å². The maximum atomic E-state index is 11.7. The zero-order valence-corrected chi connectivity index (χ0v) is 10.5. The quantitative estimate of drug-likeness (QED) is 0.667. The lowest BCUT2D eigenvalue weighted by Crippen LogP contribution is -2.63. The first-order valence-electron chi connectivity index (χ1n) is 5.12. The van der Waals surface area contributed by atoms with Crippen molar-refractivity contribution in [1.82, 2.24) is 14.7 Å². The van der Waals surface area contributed by atoms with Gasteiger partial charge in [-0.1, -0.05) is 0 Å². The second-order valence-electron chi connectivity index (χ2n) is 4.61. The highest BCUT2D eigenvalue weighted by Crippen LogP contribution is 2.26. The van der Waals surface area contributed by atoms with Crippen LogP contribution in [-0.2, 0) is 4.79 Å². The number of hydrogen-bond donors (Lipinski definition) is 0. The first kappa shape index (κ1) is 12.2. The molecule has 1 aliphatic heterocycles. The van der Waals surface area contributed by atoms with Crippen LogP contribution in [0.25, 0.3) is 0 Å². The molecule has 0 saturated heterocycles. The average molecular weight is 211 g/mol. The van der Waals surface area contributed by atoms with Crippen molar-refractivity contribution in [2.24, 2.45) is 0 Å². The molecule has 0 aromatic rings. The molecule has 2 atom stereocenters. The minimum absolute atomic E-state index is 0.115. The highest BCUT2D eigenvalue weighted by Gasteiger charge is 2.40. The molecule has 0 aromatic heterocycles. The Kier molecular flexibility index (Phi) is 3.21. The number of carbonyl (C=O) groups excluding carboxylic acids is 1. The number of nitrogens with zero attached hydrogens (tertiary/aromatic N) is 3. The zero-order valence-electron chi connectivity index (χ0n) is 10.5. The fourth-order valence-corrected chi connectivity index (χ4v) is 2.05. The van der Waals surface area contributed by atoms with E-state index in [0.717, 1.165) is 0 Å². The van der Waals surface area contributed by atoms with Gasteiger partial charge in [0.15, 0.2) is 5.78 Å². The van der Waals surface area contributed by atoms with E-state index >= 15 is 0 Å². The molecular formula is C11H21N3O. The van der Waals surface area contributed by atoms with Gasteiger partial charge in [-0.15, -0.1) is 0 Å². The summed E-state index contributed by atoms with van der Waals surface area (Å²) < 4.78 is 0. The Morgan fingerprint density at radius 1 is 1.40 bits per heavy atom. The summed E-state index contributed by atoms with van der Waals surface area (Å²) in [5, 5.41) is 0. The Labute approximate surface area is 92.1 Å². The minimum atomic E-state index is -0.499. The molecule has 0 bridgehead atoms. The molecule has 0 amide bonds. The van der Waals surface area contributed by atoms with Gasteiger partial charge in [-0.25, -0.2) is 0 Å². The summed E-state index contributed by atoms with van der Waals surface area (Å²) in [6.07, 6.45) is 4.05. The fourth-order valence-electron chi connectivity index (χ4n) is 2.05. The normalized spacial score (nSPS) is 32.5. The van der Waals surface area contributed by atoms with Crippen LogP contribution in [0.5, 0.6) is 0 Å². The molecular weight excluding hydrogens is 190 g/mol. The maximum absolute atomic E-state index is 11.7. The number of likely N-dealkylation sites (N-methyl/N-ethyl adjacent to an activating group) is 1. The van der Waals surface area contributed by atoms with Crippen LogP contribution >= 0.6 is 0 Å². The third-order valence-corrected chi connectivity index (χ3v) is 3.25. The topological polar surface area (TPSA) is 26.8 Å². The van der Waals surface area contributed by atoms with Crippen LogP contribution in [0, 0.1) is 0 Å². The lowest BCUT2D eigenvalue weighted by atomic mass is 9.94. The number of hydrogen-bond acceptors (Lipinski definition) is 4. The molecule has 86 valence electrons. The van der Waals surface area contributed by atoms with E-state index in [-0.39, 0.29) is 12.1 Å². The van der Waals surface area contributed by atoms with Gasteiger partial charge in [-0.05, 0) is 47.3 Å². The minimum Gasteiger partial charge on any atom is -0.353 e. The van der Waals surface area contributed by atoms with Crippen LogP contribution in [0.3, 0.4) is 0 Å². The van der Waals surface area contributed by atoms with E-state index in [1.54, 1.807) is 6.92 Å². The van der Waals surface area contributed by atoms with Gasteiger partial charge in [0.05, 0.1) is 5.54 Å². The summed E-state index contributed by atoms with van der Waals surface area (Å²) in [5.74, 6) is 0.168. The molecule has 4 nitrogen and oxygen atoms in total. The van der Waals surface area contributed by atoms with E-state index < -0.39 is 5.54 Å². The van der Waals surface area contributed by atoms with Gasteiger partial charge in [-0.3, -0.25) is 14.6 Å². The van der Waals surface area contributed by atoms with Crippen molar-refractivity contribution in [2.75, 3.05) is 28.2 Å². The van der Waals surface area contributed by atoms with Crippen molar-refractivity contribution in [3.8, 4) is 0 Å². The summed E-state index contributed by atoms with van der Waals surface area (Å²) in [6.45, 7) is 3.59. The molecule has 1 aliphatic rings. The molecule has 0 N–H and O–H groups in total. The lowest BCUT2D eigenvalue weighted by molar-refractivity contribution is -0.133. The molecule has 0 saturated carbocycles. The predicted octanol–water partition coefficient (Wildman–Crippen LogP) is 0.570. The first-order valence-corrected chi connectivity index (χ1v) is 5.12. The summed E-state index contributed by atoms with van der Waals surface area (Å²) in [7, 11) is 8.01. The van der Waals surface area contributed by atoms with Crippen LogP contribution in [0.1, 0.15) is 13.8 Å². The van der Waals surface area contributed by atoms with E-state index in [2.05, 4.69) is 14.7 Å².